The number of nitrogens with two attached hydrogens (primary N) is 1. The maximum Gasteiger partial charge on any atom is 0.294 e. The Kier molecular flexibility index (Phi) is 1.76. The van der Waals surface area contributed by atoms with Crippen LogP contribution < -0.4 is 5.73 Å². The van der Waals surface area contributed by atoms with E-state index in [4.69, 9.17) is 15.2 Å². The van der Waals surface area contributed by atoms with Crippen LogP contribution in [0.4, 0.5) is 0 Å². The Labute approximate surface area is 75.9 Å². The number of amides is 1. The number of amidine groups is 1. The lowest BCUT2D eigenvalue weighted by Crippen LogP contribution is -2.53. The summed E-state index contributed by atoms with van der Waals surface area (Å²) in [6, 6.07) is -0.0139. The quantitative estimate of drug-likeness (QED) is 0.644. The molecular formula is C8H12N2O3. The van der Waals surface area contributed by atoms with Crippen molar-refractivity contribution in [2.24, 2.45) is 10.7 Å². The standard InChI is InChI=1S/C8H12N2O3/c1-2-12-5-3-8(4-5)6(11)10-7(9)13-8/h5H,2-4H2,1H3,(H2,9,10,11). The lowest BCUT2D eigenvalue weighted by atomic mass is 9.77. The normalized spacial score (nSPS) is 37.2. The largest absolute Gasteiger partial charge is 0.448 e. The van der Waals surface area contributed by atoms with E-state index in [9.17, 15) is 4.79 Å². The summed E-state index contributed by atoms with van der Waals surface area (Å²) >= 11 is 0. The van der Waals surface area contributed by atoms with Crippen LogP contribution in [0, 0.1) is 0 Å². The first-order valence-electron chi connectivity index (χ1n) is 4.35. The van der Waals surface area contributed by atoms with Crippen molar-refractivity contribution in [3.63, 3.8) is 0 Å². The average molecular weight is 184 g/mol. The highest BCUT2D eigenvalue weighted by molar-refractivity contribution is 6.01. The van der Waals surface area contributed by atoms with Gasteiger partial charge in [0.1, 0.15) is 0 Å². The Morgan fingerprint density at radius 3 is 2.92 bits per heavy atom. The van der Waals surface area contributed by atoms with Crippen molar-refractivity contribution in [2.75, 3.05) is 6.61 Å². The third-order valence-corrected chi connectivity index (χ3v) is 2.42. The van der Waals surface area contributed by atoms with E-state index in [1.807, 2.05) is 6.92 Å². The fraction of sp³-hybridized carbons (Fsp3) is 0.750. The molecule has 1 amide bonds. The second kappa shape index (κ2) is 2.70. The molecule has 0 aromatic carbocycles. The lowest BCUT2D eigenvalue weighted by molar-refractivity contribution is -0.156. The zero-order chi connectivity index (χ0) is 9.47. The van der Waals surface area contributed by atoms with Crippen molar-refractivity contribution < 1.29 is 14.3 Å². The van der Waals surface area contributed by atoms with Crippen molar-refractivity contribution in [2.45, 2.75) is 31.5 Å². The topological polar surface area (TPSA) is 73.9 Å². The van der Waals surface area contributed by atoms with Crippen molar-refractivity contribution in [1.29, 1.82) is 0 Å². The van der Waals surface area contributed by atoms with E-state index in [2.05, 4.69) is 4.99 Å². The summed E-state index contributed by atoms with van der Waals surface area (Å²) in [4.78, 5) is 14.8. The smallest absolute Gasteiger partial charge is 0.294 e. The monoisotopic (exact) mass is 184 g/mol. The van der Waals surface area contributed by atoms with Crippen LogP contribution in [-0.4, -0.2) is 30.2 Å². The molecule has 0 saturated heterocycles. The van der Waals surface area contributed by atoms with Crippen LogP contribution in [0.25, 0.3) is 0 Å². The molecule has 1 aliphatic heterocycles. The van der Waals surface area contributed by atoms with Gasteiger partial charge in [-0.15, -0.1) is 0 Å². The van der Waals surface area contributed by atoms with Gasteiger partial charge in [0.05, 0.1) is 6.10 Å². The minimum Gasteiger partial charge on any atom is -0.448 e. The molecular weight excluding hydrogens is 172 g/mol. The van der Waals surface area contributed by atoms with Crippen LogP contribution in [-0.2, 0) is 14.3 Å². The van der Waals surface area contributed by atoms with Gasteiger partial charge in [-0.2, -0.15) is 4.99 Å². The molecule has 1 aliphatic carbocycles. The second-order valence-electron chi connectivity index (χ2n) is 3.34. The Morgan fingerprint density at radius 2 is 2.46 bits per heavy atom. The molecule has 0 radical (unpaired) electrons. The zero-order valence-corrected chi connectivity index (χ0v) is 7.45. The van der Waals surface area contributed by atoms with Crippen LogP contribution in [0.2, 0.25) is 0 Å². The van der Waals surface area contributed by atoms with Crippen molar-refractivity contribution in [3.05, 3.63) is 0 Å². The summed E-state index contributed by atoms with van der Waals surface area (Å²) in [7, 11) is 0. The van der Waals surface area contributed by atoms with Crippen molar-refractivity contribution in [1.82, 2.24) is 0 Å². The molecule has 2 N–H and O–H groups in total. The SMILES string of the molecule is CCOC1CC2(C1)OC(N)=NC2=O. The maximum absolute atomic E-state index is 11.3. The van der Waals surface area contributed by atoms with Gasteiger partial charge in [-0.3, -0.25) is 4.79 Å². The molecule has 0 unspecified atom stereocenters. The minimum absolute atomic E-state index is 0.0139. The van der Waals surface area contributed by atoms with Crippen LogP contribution in [0.15, 0.2) is 4.99 Å². The molecule has 2 rings (SSSR count). The van der Waals surface area contributed by atoms with Crippen LogP contribution >= 0.6 is 0 Å². The fourth-order valence-corrected chi connectivity index (χ4v) is 1.76. The van der Waals surface area contributed by atoms with E-state index in [0.29, 0.717) is 19.4 Å². The predicted molar refractivity (Wildman–Crippen MR) is 45.1 cm³/mol. The highest BCUT2D eigenvalue weighted by atomic mass is 16.6. The van der Waals surface area contributed by atoms with Gasteiger partial charge in [0.2, 0.25) is 0 Å². The van der Waals surface area contributed by atoms with Crippen LogP contribution in [0.1, 0.15) is 19.8 Å². The molecule has 0 aromatic rings. The third kappa shape index (κ3) is 1.19. The highest BCUT2D eigenvalue weighted by Gasteiger charge is 2.56. The van der Waals surface area contributed by atoms with E-state index < -0.39 is 5.60 Å². The molecule has 1 spiro atoms. The van der Waals surface area contributed by atoms with E-state index in [-0.39, 0.29) is 18.0 Å². The molecule has 1 fully saturated rings. The molecule has 1 saturated carbocycles. The van der Waals surface area contributed by atoms with Gasteiger partial charge in [-0.1, -0.05) is 0 Å². The minimum atomic E-state index is -0.774. The number of ether oxygens (including phenoxy) is 2. The molecule has 2 aliphatic rings. The molecule has 5 nitrogen and oxygen atoms in total. The second-order valence-corrected chi connectivity index (χ2v) is 3.34. The lowest BCUT2D eigenvalue weighted by Gasteiger charge is -2.40. The maximum atomic E-state index is 11.3. The van der Waals surface area contributed by atoms with Crippen LogP contribution in [0.5, 0.6) is 0 Å². The molecule has 1 heterocycles. The summed E-state index contributed by atoms with van der Waals surface area (Å²) in [5.74, 6) is -0.263. The number of hydrogen-bond donors (Lipinski definition) is 1. The third-order valence-electron chi connectivity index (χ3n) is 2.42. The summed E-state index contributed by atoms with van der Waals surface area (Å²) < 4.78 is 10.5. The van der Waals surface area contributed by atoms with Gasteiger partial charge in [-0.25, -0.2) is 0 Å². The van der Waals surface area contributed by atoms with Gasteiger partial charge in [0, 0.05) is 19.4 Å². The van der Waals surface area contributed by atoms with Crippen LogP contribution in [0.3, 0.4) is 0 Å². The zero-order valence-electron chi connectivity index (χ0n) is 7.45. The Balaban J connectivity index is 1.95. The molecule has 5 heteroatoms. The first kappa shape index (κ1) is 8.50. The predicted octanol–water partition coefficient (Wildman–Crippen LogP) is -0.204. The molecule has 0 aromatic heterocycles. The van der Waals surface area contributed by atoms with Crippen molar-refractivity contribution >= 4 is 11.9 Å². The molecule has 13 heavy (non-hydrogen) atoms. The van der Waals surface area contributed by atoms with Crippen molar-refractivity contribution in [3.8, 4) is 0 Å². The number of aliphatic imine (C=N–C) groups is 1. The number of carbonyl (C=O) groups excluding carboxylic acids is 1. The van der Waals surface area contributed by atoms with Gasteiger partial charge in [0.25, 0.3) is 11.9 Å². The Bertz CT molecular complexity index is 269. The Hall–Kier alpha value is -1.10. The summed E-state index contributed by atoms with van der Waals surface area (Å²) in [5, 5.41) is 0. The van der Waals surface area contributed by atoms with Gasteiger partial charge in [0.15, 0.2) is 5.60 Å². The fourth-order valence-electron chi connectivity index (χ4n) is 1.76. The first-order valence-corrected chi connectivity index (χ1v) is 4.35. The van der Waals surface area contributed by atoms with Gasteiger partial charge >= 0.3 is 0 Å². The van der Waals surface area contributed by atoms with Gasteiger partial charge in [-0.05, 0) is 6.92 Å². The van der Waals surface area contributed by atoms with E-state index in [1.54, 1.807) is 0 Å². The molecule has 0 bridgehead atoms. The van der Waals surface area contributed by atoms with E-state index in [0.717, 1.165) is 0 Å². The summed E-state index contributed by atoms with van der Waals surface area (Å²) in [6.07, 6.45) is 1.27. The van der Waals surface area contributed by atoms with E-state index in [1.165, 1.54) is 0 Å². The number of carbonyl (C=O) groups is 1. The number of hydrogen-bond acceptors (Lipinski definition) is 4. The highest BCUT2D eigenvalue weighted by Crippen LogP contribution is 2.41. The molecule has 72 valence electrons. The van der Waals surface area contributed by atoms with E-state index >= 15 is 0 Å². The number of nitrogens with zero attached hydrogens (tertiary/aromatic N) is 1. The number of rotatable bonds is 2. The molecule has 0 atom stereocenters. The average Bonchev–Trinajstić information content (AvgIpc) is 2.26. The van der Waals surface area contributed by atoms with Gasteiger partial charge < -0.3 is 15.2 Å². The summed E-state index contributed by atoms with van der Waals surface area (Å²) in [5.41, 5.74) is 4.52. The Morgan fingerprint density at radius 1 is 1.77 bits per heavy atom. The summed E-state index contributed by atoms with van der Waals surface area (Å²) in [6.45, 7) is 2.58. The first-order chi connectivity index (χ1) is 6.16.